The number of hydrogen-bond donors (Lipinski definition) is 1. The number of Topliss-reactive ketones (excluding diaryl/α,β-unsaturated/α-hetero) is 1. The minimum absolute atomic E-state index is 0.0146. The van der Waals surface area contributed by atoms with Gasteiger partial charge in [-0.1, -0.05) is 0 Å². The molecule has 2 aromatic heterocycles. The van der Waals surface area contributed by atoms with E-state index in [9.17, 15) is 32.3 Å². The van der Waals surface area contributed by atoms with Crippen molar-refractivity contribution in [1.29, 1.82) is 0 Å². The third-order valence-corrected chi connectivity index (χ3v) is 9.32. The number of piperidine rings is 1. The fraction of sp³-hybridized carbons (Fsp3) is 0.516. The van der Waals surface area contributed by atoms with Gasteiger partial charge >= 0.3 is 12.1 Å². The van der Waals surface area contributed by atoms with E-state index < -0.39 is 24.4 Å². The number of aromatic nitrogens is 3. The van der Waals surface area contributed by atoms with Crippen LogP contribution in [0.15, 0.2) is 30.6 Å². The molecule has 0 bridgehead atoms. The van der Waals surface area contributed by atoms with Gasteiger partial charge in [0.15, 0.2) is 5.78 Å². The summed E-state index contributed by atoms with van der Waals surface area (Å²) in [6.07, 6.45) is 1.13. The predicted molar refractivity (Wildman–Crippen MR) is 160 cm³/mol. The zero-order valence-corrected chi connectivity index (χ0v) is 25.7. The fourth-order valence-electron chi connectivity index (χ4n) is 5.69. The van der Waals surface area contributed by atoms with Gasteiger partial charge in [-0.25, -0.2) is 15.0 Å². The van der Waals surface area contributed by atoms with E-state index >= 15 is 0 Å². The molecule has 2 aliphatic heterocycles. The molecular formula is C31H35F4N5O4S. The Hall–Kier alpha value is -3.65. The van der Waals surface area contributed by atoms with Crippen LogP contribution in [0.5, 0.6) is 5.75 Å². The number of alkyl halides is 4. The van der Waals surface area contributed by atoms with Crippen LogP contribution in [-0.2, 0) is 23.9 Å². The van der Waals surface area contributed by atoms with Crippen molar-refractivity contribution in [2.24, 2.45) is 5.92 Å². The van der Waals surface area contributed by atoms with E-state index in [1.165, 1.54) is 35.9 Å². The van der Waals surface area contributed by atoms with Crippen molar-refractivity contribution < 1.29 is 37.0 Å². The van der Waals surface area contributed by atoms with Crippen LogP contribution in [0.1, 0.15) is 65.0 Å². The Morgan fingerprint density at radius 3 is 2.51 bits per heavy atom. The minimum Gasteiger partial charge on any atom is -0.493 e. The molecule has 0 aliphatic carbocycles. The number of rotatable bonds is 12. The van der Waals surface area contributed by atoms with Crippen LogP contribution in [0.25, 0.3) is 11.3 Å². The Morgan fingerprint density at radius 2 is 1.89 bits per heavy atom. The maximum absolute atomic E-state index is 14.0. The fourth-order valence-corrected chi connectivity index (χ4v) is 6.81. The number of carbonyl (C=O) groups excluding carboxylic acids is 1. The summed E-state index contributed by atoms with van der Waals surface area (Å²) in [6, 6.07) is 4.07. The molecule has 0 saturated carbocycles. The highest BCUT2D eigenvalue weighted by Gasteiger charge is 2.35. The van der Waals surface area contributed by atoms with E-state index in [0.717, 1.165) is 30.3 Å². The molecule has 5 rings (SSSR count). The summed E-state index contributed by atoms with van der Waals surface area (Å²) in [5, 5.41) is 9.67. The van der Waals surface area contributed by atoms with Gasteiger partial charge in [-0.05, 0) is 57.4 Å². The molecule has 0 unspecified atom stereocenters. The molecule has 2 saturated heterocycles. The van der Waals surface area contributed by atoms with Gasteiger partial charge in [0.05, 0.1) is 49.3 Å². The molecule has 1 N–H and O–H groups in total. The number of anilines is 1. The van der Waals surface area contributed by atoms with E-state index in [4.69, 9.17) is 4.74 Å². The lowest BCUT2D eigenvalue weighted by Gasteiger charge is -2.30. The highest BCUT2D eigenvalue weighted by Crippen LogP contribution is 2.40. The molecule has 9 nitrogen and oxygen atoms in total. The highest BCUT2D eigenvalue weighted by atomic mass is 32.1. The van der Waals surface area contributed by atoms with Crippen molar-refractivity contribution >= 4 is 28.9 Å². The van der Waals surface area contributed by atoms with Gasteiger partial charge in [0.2, 0.25) is 0 Å². The zero-order chi connectivity index (χ0) is 32.1. The quantitative estimate of drug-likeness (QED) is 0.142. The average molecular weight is 650 g/mol. The molecule has 0 spiro atoms. The smallest absolute Gasteiger partial charge is 0.419 e. The summed E-state index contributed by atoms with van der Waals surface area (Å²) >= 11 is 1.30. The second kappa shape index (κ2) is 14.2. The van der Waals surface area contributed by atoms with E-state index in [2.05, 4.69) is 26.8 Å². The van der Waals surface area contributed by atoms with Crippen LogP contribution in [0.3, 0.4) is 0 Å². The number of likely N-dealkylation sites (tertiary alicyclic amines) is 1. The molecule has 3 aromatic rings. The molecule has 0 radical (unpaired) electrons. The number of carbonyl (C=O) groups is 2. The Labute approximate surface area is 262 Å². The number of aliphatic carboxylic acids is 1. The third kappa shape index (κ3) is 7.96. The molecule has 2 fully saturated rings. The lowest BCUT2D eigenvalue weighted by atomic mass is 9.97. The summed E-state index contributed by atoms with van der Waals surface area (Å²) in [5.74, 6) is -1.31. The van der Waals surface area contributed by atoms with E-state index in [1.54, 1.807) is 0 Å². The van der Waals surface area contributed by atoms with Crippen LogP contribution < -0.4 is 9.64 Å². The molecule has 4 heterocycles. The topological polar surface area (TPSA) is 109 Å². The number of carboxylic acids is 1. The van der Waals surface area contributed by atoms with Crippen molar-refractivity contribution in [1.82, 2.24) is 19.9 Å². The summed E-state index contributed by atoms with van der Waals surface area (Å²) in [5.41, 5.74) is -0.186. The number of hydrogen-bond acceptors (Lipinski definition) is 9. The summed E-state index contributed by atoms with van der Waals surface area (Å²) in [4.78, 5) is 42.7. The van der Waals surface area contributed by atoms with Gasteiger partial charge in [0.1, 0.15) is 22.3 Å². The van der Waals surface area contributed by atoms with E-state index in [-0.39, 0.29) is 48.2 Å². The van der Waals surface area contributed by atoms with E-state index in [1.807, 2.05) is 4.90 Å². The molecule has 1 atom stereocenters. The van der Waals surface area contributed by atoms with Crippen molar-refractivity contribution in [3.8, 4) is 17.0 Å². The number of ketones is 1. The van der Waals surface area contributed by atoms with Gasteiger partial charge in [0, 0.05) is 42.5 Å². The van der Waals surface area contributed by atoms with Crippen molar-refractivity contribution in [2.45, 2.75) is 64.2 Å². The average Bonchev–Trinajstić information content (AvgIpc) is 3.62. The standard InChI is InChI=1S/C31H35F4N5O4S/c1-19-4-2-10-40(19)18-26-29(21-5-6-25(44-13-3-9-32)22(14-21)31(33,34)35)38-28(45-26)15-24(41)23-16-37-27(17-36-23)39-11-7-20(8-12-39)30(42)43/h5-6,14,16-17,19-20H,2-4,7-13,15,18H2,1H3,(H,42,43)/t19-/m1/s1. The lowest BCUT2D eigenvalue weighted by molar-refractivity contribution is -0.142. The first-order valence-electron chi connectivity index (χ1n) is 15.0. The first kappa shape index (κ1) is 32.7. The van der Waals surface area contributed by atoms with Gasteiger partial charge in [0.25, 0.3) is 0 Å². The van der Waals surface area contributed by atoms with Crippen molar-refractivity contribution in [2.75, 3.05) is 37.8 Å². The normalized spacial score (nSPS) is 18.0. The van der Waals surface area contributed by atoms with Gasteiger partial charge in [-0.3, -0.25) is 18.9 Å². The molecule has 2 aliphatic rings. The van der Waals surface area contributed by atoms with Gasteiger partial charge < -0.3 is 14.7 Å². The Morgan fingerprint density at radius 1 is 1.11 bits per heavy atom. The highest BCUT2D eigenvalue weighted by molar-refractivity contribution is 7.12. The maximum atomic E-state index is 14.0. The molecule has 45 heavy (non-hydrogen) atoms. The number of ether oxygens (including phenoxy) is 1. The Balaban J connectivity index is 1.37. The zero-order valence-electron chi connectivity index (χ0n) is 24.9. The predicted octanol–water partition coefficient (Wildman–Crippen LogP) is 6.07. The second-order valence-corrected chi connectivity index (χ2v) is 12.6. The Kier molecular flexibility index (Phi) is 10.3. The largest absolute Gasteiger partial charge is 0.493 e. The number of halogens is 4. The minimum atomic E-state index is -4.70. The second-order valence-electron chi connectivity index (χ2n) is 11.4. The number of nitrogens with zero attached hydrogens (tertiary/aromatic N) is 5. The number of thiazole rings is 1. The number of benzene rings is 1. The van der Waals surface area contributed by atoms with Gasteiger partial charge in [-0.2, -0.15) is 13.2 Å². The van der Waals surface area contributed by atoms with Gasteiger partial charge in [-0.15, -0.1) is 11.3 Å². The summed E-state index contributed by atoms with van der Waals surface area (Å²) < 4.78 is 59.9. The molecule has 0 amide bonds. The Bertz CT molecular complexity index is 1490. The first-order valence-corrected chi connectivity index (χ1v) is 15.8. The molecule has 242 valence electrons. The van der Waals surface area contributed by atoms with Crippen molar-refractivity contribution in [3.05, 3.63) is 51.7 Å². The third-order valence-electron chi connectivity index (χ3n) is 8.28. The van der Waals surface area contributed by atoms with Crippen LogP contribution >= 0.6 is 11.3 Å². The summed E-state index contributed by atoms with van der Waals surface area (Å²) in [6.45, 7) is 3.65. The van der Waals surface area contributed by atoms with Crippen LogP contribution in [-0.4, -0.2) is 75.7 Å². The monoisotopic (exact) mass is 649 g/mol. The first-order chi connectivity index (χ1) is 21.5. The van der Waals surface area contributed by atoms with Crippen LogP contribution in [0.2, 0.25) is 0 Å². The van der Waals surface area contributed by atoms with Crippen molar-refractivity contribution in [3.63, 3.8) is 0 Å². The number of carboxylic acid groups (broad SMARTS) is 1. The van der Waals surface area contributed by atoms with E-state index in [0.29, 0.717) is 55.0 Å². The maximum Gasteiger partial charge on any atom is 0.419 e. The summed E-state index contributed by atoms with van der Waals surface area (Å²) in [7, 11) is 0. The van der Waals surface area contributed by atoms with Crippen LogP contribution in [0.4, 0.5) is 23.4 Å². The molecular weight excluding hydrogens is 614 g/mol. The molecule has 1 aromatic carbocycles. The molecule has 14 heteroatoms. The van der Waals surface area contributed by atoms with Crippen LogP contribution in [0, 0.1) is 5.92 Å². The SMILES string of the molecule is C[C@@H]1CCCN1Cc1sc(CC(=O)c2cnc(N3CCC(C(=O)O)CC3)cn2)nc1-c1ccc(OCCCF)c(C(F)(F)F)c1. The lowest BCUT2D eigenvalue weighted by Crippen LogP contribution is -2.36.